The third-order valence-electron chi connectivity index (χ3n) is 7.99. The van der Waals surface area contributed by atoms with Gasteiger partial charge in [0.05, 0.1) is 17.1 Å². The number of amides is 1. The average molecular weight is 551 g/mol. The van der Waals surface area contributed by atoms with E-state index in [9.17, 15) is 9.59 Å². The number of fused-ring (bicyclic) bond motifs is 2. The second kappa shape index (κ2) is 13.1. The van der Waals surface area contributed by atoms with E-state index in [-0.39, 0.29) is 37.2 Å². The summed E-state index contributed by atoms with van der Waals surface area (Å²) in [5.74, 6) is 0.235. The van der Waals surface area contributed by atoms with Crippen molar-refractivity contribution in [1.29, 1.82) is 0 Å². The highest BCUT2D eigenvalue weighted by Gasteiger charge is 2.39. The van der Waals surface area contributed by atoms with Gasteiger partial charge in [0.25, 0.3) is 0 Å². The van der Waals surface area contributed by atoms with Crippen LogP contribution >= 0.6 is 11.6 Å². The standard InChI is InChI=1S/C31H39ClN4O2.CH4/c1-21(2)34-28(9-5-6-15-35-19-23-7-3-4-8-24(23)20-35)31(38)36-16-14-29(36)30(37)13-11-22-10-12-27-25(17-22)26(32)18-33-27;/h3-4,7-8,10,12,17-18,21,28-29,33-34H,5-6,9,11,13-16,19-20H2,1-2H3;1H4/t28-,29+;/m1./s1. The van der Waals surface area contributed by atoms with Crippen LogP contribution in [0, 0.1) is 0 Å². The number of Topliss-reactive ketones (excluding diaryl/α,β-unsaturated/α-hetero) is 1. The molecule has 2 aliphatic heterocycles. The molecule has 1 amide bonds. The van der Waals surface area contributed by atoms with Crippen LogP contribution in [-0.4, -0.2) is 57.7 Å². The van der Waals surface area contributed by atoms with E-state index in [1.165, 1.54) is 11.1 Å². The largest absolute Gasteiger partial charge is 0.360 e. The van der Waals surface area contributed by atoms with Gasteiger partial charge < -0.3 is 15.2 Å². The number of H-pyrrole nitrogens is 1. The molecule has 0 unspecified atom stereocenters. The van der Waals surface area contributed by atoms with Crippen molar-refractivity contribution in [2.24, 2.45) is 0 Å². The molecule has 7 heteroatoms. The summed E-state index contributed by atoms with van der Waals surface area (Å²) in [5, 5.41) is 5.15. The smallest absolute Gasteiger partial charge is 0.240 e. The molecule has 2 N–H and O–H groups in total. The molecular formula is C32H43ClN4O2. The molecule has 2 aliphatic rings. The van der Waals surface area contributed by atoms with E-state index in [4.69, 9.17) is 11.6 Å². The van der Waals surface area contributed by atoms with Crippen LogP contribution in [-0.2, 0) is 29.1 Å². The SMILES string of the molecule is C.CC(C)N[C@H](CCCCN1Cc2ccccc2C1)C(=O)N1CC[C@H]1C(=O)CCc1ccc2[nH]cc(Cl)c2c1. The molecule has 1 aromatic heterocycles. The molecule has 2 atom stereocenters. The van der Waals surface area contributed by atoms with Crippen molar-refractivity contribution in [2.45, 2.75) is 91.0 Å². The summed E-state index contributed by atoms with van der Waals surface area (Å²) in [6.45, 7) is 7.91. The van der Waals surface area contributed by atoms with Crippen LogP contribution in [0.3, 0.4) is 0 Å². The first-order chi connectivity index (χ1) is 18.4. The Kier molecular flexibility index (Phi) is 9.86. The summed E-state index contributed by atoms with van der Waals surface area (Å²) >= 11 is 6.26. The predicted octanol–water partition coefficient (Wildman–Crippen LogP) is 6.11. The van der Waals surface area contributed by atoms with Gasteiger partial charge in [-0.05, 0) is 61.1 Å². The number of hydrogen-bond acceptors (Lipinski definition) is 4. The maximum atomic E-state index is 13.5. The fourth-order valence-corrected chi connectivity index (χ4v) is 6.05. The fraction of sp³-hybridized carbons (Fsp3) is 0.500. The van der Waals surface area contributed by atoms with Crippen molar-refractivity contribution in [1.82, 2.24) is 20.1 Å². The molecule has 0 aliphatic carbocycles. The predicted molar refractivity (Wildman–Crippen MR) is 160 cm³/mol. The van der Waals surface area contributed by atoms with Crippen molar-refractivity contribution in [3.63, 3.8) is 0 Å². The van der Waals surface area contributed by atoms with Crippen LogP contribution in [0.4, 0.5) is 0 Å². The third kappa shape index (κ3) is 6.92. The quantitative estimate of drug-likeness (QED) is 0.267. The number of halogens is 1. The summed E-state index contributed by atoms with van der Waals surface area (Å²) in [6.07, 6.45) is 6.48. The Morgan fingerprint density at radius 2 is 1.85 bits per heavy atom. The second-order valence-electron chi connectivity index (χ2n) is 11.2. The lowest BCUT2D eigenvalue weighted by Crippen LogP contribution is -2.60. The topological polar surface area (TPSA) is 68.4 Å². The Hall–Kier alpha value is -2.67. The number of nitrogens with one attached hydrogen (secondary N) is 2. The first-order valence-corrected chi connectivity index (χ1v) is 14.4. The molecule has 1 saturated heterocycles. The van der Waals surface area contributed by atoms with Crippen LogP contribution in [0.5, 0.6) is 0 Å². The van der Waals surface area contributed by atoms with E-state index in [1.807, 2.05) is 17.0 Å². The van der Waals surface area contributed by atoms with E-state index in [0.29, 0.717) is 24.4 Å². The Labute approximate surface area is 238 Å². The minimum absolute atomic E-state index is 0. The summed E-state index contributed by atoms with van der Waals surface area (Å²) in [5.41, 5.74) is 4.95. The number of aryl methyl sites for hydroxylation is 1. The highest BCUT2D eigenvalue weighted by Crippen LogP contribution is 2.27. The number of benzene rings is 2. The molecule has 3 heterocycles. The van der Waals surface area contributed by atoms with Crippen LogP contribution in [0.1, 0.15) is 70.1 Å². The Morgan fingerprint density at radius 3 is 2.51 bits per heavy atom. The van der Waals surface area contributed by atoms with Crippen LogP contribution in [0.25, 0.3) is 10.9 Å². The van der Waals surface area contributed by atoms with Crippen molar-refractivity contribution >= 4 is 34.2 Å². The zero-order chi connectivity index (χ0) is 26.6. The number of unbranched alkanes of at least 4 members (excludes halogenated alkanes) is 1. The minimum atomic E-state index is -0.290. The van der Waals surface area contributed by atoms with Crippen molar-refractivity contribution < 1.29 is 9.59 Å². The third-order valence-corrected chi connectivity index (χ3v) is 8.30. The van der Waals surface area contributed by atoms with Crippen LogP contribution in [0.15, 0.2) is 48.7 Å². The van der Waals surface area contributed by atoms with Crippen molar-refractivity contribution in [3.8, 4) is 0 Å². The normalized spacial score (nSPS) is 17.6. The molecule has 2 aromatic carbocycles. The zero-order valence-electron chi connectivity index (χ0n) is 22.5. The van der Waals surface area contributed by atoms with Gasteiger partial charge >= 0.3 is 0 Å². The lowest BCUT2D eigenvalue weighted by Gasteiger charge is -2.42. The van der Waals surface area contributed by atoms with Gasteiger partial charge in [-0.25, -0.2) is 0 Å². The molecule has 6 nitrogen and oxygen atoms in total. The number of ketones is 1. The highest BCUT2D eigenvalue weighted by atomic mass is 35.5. The van der Waals surface area contributed by atoms with Gasteiger partial charge in [-0.15, -0.1) is 0 Å². The monoisotopic (exact) mass is 550 g/mol. The minimum Gasteiger partial charge on any atom is -0.360 e. The van der Waals surface area contributed by atoms with Gasteiger partial charge in [0.2, 0.25) is 5.91 Å². The summed E-state index contributed by atoms with van der Waals surface area (Å²) in [6, 6.07) is 14.4. The first-order valence-electron chi connectivity index (χ1n) is 14.0. The lowest BCUT2D eigenvalue weighted by molar-refractivity contribution is -0.148. The zero-order valence-corrected chi connectivity index (χ0v) is 23.3. The summed E-state index contributed by atoms with van der Waals surface area (Å²) < 4.78 is 0. The van der Waals surface area contributed by atoms with Crippen LogP contribution in [0.2, 0.25) is 5.02 Å². The number of likely N-dealkylation sites (tertiary alicyclic amines) is 1. The van der Waals surface area contributed by atoms with Gasteiger partial charge in [-0.2, -0.15) is 0 Å². The highest BCUT2D eigenvalue weighted by molar-refractivity contribution is 6.35. The van der Waals surface area contributed by atoms with Crippen molar-refractivity contribution in [2.75, 3.05) is 13.1 Å². The van der Waals surface area contributed by atoms with E-state index >= 15 is 0 Å². The molecule has 210 valence electrons. The Balaban J connectivity index is 0.00000353. The summed E-state index contributed by atoms with van der Waals surface area (Å²) in [7, 11) is 0. The molecule has 1 fully saturated rings. The number of nitrogens with zero attached hydrogens (tertiary/aromatic N) is 2. The fourth-order valence-electron chi connectivity index (χ4n) is 5.84. The number of aromatic amines is 1. The number of aromatic nitrogens is 1. The maximum absolute atomic E-state index is 13.5. The molecule has 39 heavy (non-hydrogen) atoms. The Morgan fingerprint density at radius 1 is 1.10 bits per heavy atom. The average Bonchev–Trinajstić information content (AvgIpc) is 3.46. The van der Waals surface area contributed by atoms with Gasteiger partial charge in [0.15, 0.2) is 5.78 Å². The molecule has 0 spiro atoms. The molecule has 0 saturated carbocycles. The Bertz CT molecular complexity index is 1260. The molecular weight excluding hydrogens is 508 g/mol. The van der Waals surface area contributed by atoms with E-state index in [1.54, 1.807) is 6.20 Å². The van der Waals surface area contributed by atoms with Gasteiger partial charge in [0.1, 0.15) is 0 Å². The van der Waals surface area contributed by atoms with Crippen LogP contribution < -0.4 is 5.32 Å². The van der Waals surface area contributed by atoms with E-state index < -0.39 is 0 Å². The number of hydrogen-bond donors (Lipinski definition) is 2. The van der Waals surface area contributed by atoms with E-state index in [2.05, 4.69) is 59.4 Å². The first kappa shape index (κ1) is 29.3. The lowest BCUT2D eigenvalue weighted by atomic mass is 9.92. The second-order valence-corrected chi connectivity index (χ2v) is 11.6. The van der Waals surface area contributed by atoms with Gasteiger partial charge in [-0.1, -0.05) is 69.6 Å². The number of rotatable bonds is 12. The molecule has 5 rings (SSSR count). The molecule has 3 aromatic rings. The number of carbonyl (C=O) groups excluding carboxylic acids is 2. The molecule has 0 radical (unpaired) electrons. The maximum Gasteiger partial charge on any atom is 0.240 e. The molecule has 0 bridgehead atoms. The van der Waals surface area contributed by atoms with Gasteiger partial charge in [0, 0.05) is 49.2 Å². The van der Waals surface area contributed by atoms with Gasteiger partial charge in [-0.3, -0.25) is 14.5 Å². The number of carbonyl (C=O) groups is 2. The summed E-state index contributed by atoms with van der Waals surface area (Å²) in [4.78, 5) is 34.0. The van der Waals surface area contributed by atoms with E-state index in [0.717, 1.165) is 61.8 Å². The van der Waals surface area contributed by atoms with Crippen molar-refractivity contribution in [3.05, 3.63) is 70.4 Å².